The van der Waals surface area contributed by atoms with Gasteiger partial charge in [0.25, 0.3) is 0 Å². The fraction of sp³-hybridized carbons (Fsp3) is 0.923. The Balaban J connectivity index is 1.66. The zero-order valence-corrected chi connectivity index (χ0v) is 11.7. The number of carbonyl (C=O) groups is 1. The normalized spacial score (nSPS) is 25.2. The number of nitrogens with one attached hydrogen (secondary N) is 1. The highest BCUT2D eigenvalue weighted by molar-refractivity contribution is 5.78. The lowest BCUT2D eigenvalue weighted by Gasteiger charge is -2.33. The van der Waals surface area contributed by atoms with Crippen LogP contribution in [0, 0.1) is 0 Å². The summed E-state index contributed by atoms with van der Waals surface area (Å²) in [5.74, 6) is 0.203. The first kappa shape index (κ1) is 13.8. The standard InChI is InChI=1S/C13H26N4O/c1-15-5-3-12(4-6-15)14-13(18)11-17-9-7-16(2)8-10-17/h12H,3-11H2,1-2H3,(H,14,18). The number of carbonyl (C=O) groups excluding carboxylic acids is 1. The molecule has 0 radical (unpaired) electrons. The molecule has 0 atom stereocenters. The van der Waals surface area contributed by atoms with Gasteiger partial charge >= 0.3 is 0 Å². The molecule has 2 rings (SSSR count). The molecule has 0 aliphatic carbocycles. The van der Waals surface area contributed by atoms with E-state index in [1.807, 2.05) is 0 Å². The molecule has 0 unspecified atom stereocenters. The molecule has 0 aromatic rings. The van der Waals surface area contributed by atoms with Crippen LogP contribution in [0.4, 0.5) is 0 Å². The first-order chi connectivity index (χ1) is 8.63. The van der Waals surface area contributed by atoms with Gasteiger partial charge in [-0.25, -0.2) is 0 Å². The second-order valence-electron chi connectivity index (χ2n) is 5.72. The Morgan fingerprint density at radius 2 is 1.56 bits per heavy atom. The van der Waals surface area contributed by atoms with E-state index < -0.39 is 0 Å². The monoisotopic (exact) mass is 254 g/mol. The van der Waals surface area contributed by atoms with Crippen LogP contribution in [0.25, 0.3) is 0 Å². The minimum Gasteiger partial charge on any atom is -0.352 e. The van der Waals surface area contributed by atoms with Crippen molar-refractivity contribution >= 4 is 5.91 Å². The Labute approximate surface area is 110 Å². The highest BCUT2D eigenvalue weighted by atomic mass is 16.2. The molecule has 1 N–H and O–H groups in total. The Morgan fingerprint density at radius 3 is 2.17 bits per heavy atom. The van der Waals surface area contributed by atoms with Crippen molar-refractivity contribution in [3.8, 4) is 0 Å². The molecular weight excluding hydrogens is 228 g/mol. The van der Waals surface area contributed by atoms with E-state index in [-0.39, 0.29) is 5.91 Å². The SMILES string of the molecule is CN1CCC(NC(=O)CN2CCN(C)CC2)CC1. The number of amides is 1. The zero-order chi connectivity index (χ0) is 13.0. The van der Waals surface area contributed by atoms with Crippen molar-refractivity contribution in [2.45, 2.75) is 18.9 Å². The maximum Gasteiger partial charge on any atom is 0.234 e. The average Bonchev–Trinajstić information content (AvgIpc) is 2.35. The van der Waals surface area contributed by atoms with E-state index in [1.54, 1.807) is 0 Å². The Kier molecular flexibility index (Phi) is 4.97. The number of hydrogen-bond donors (Lipinski definition) is 1. The van der Waals surface area contributed by atoms with Gasteiger partial charge in [0.05, 0.1) is 6.54 Å². The number of likely N-dealkylation sites (tertiary alicyclic amines) is 1. The summed E-state index contributed by atoms with van der Waals surface area (Å²) < 4.78 is 0. The fourth-order valence-electron chi connectivity index (χ4n) is 2.64. The molecular formula is C13H26N4O. The second-order valence-corrected chi connectivity index (χ2v) is 5.72. The molecule has 18 heavy (non-hydrogen) atoms. The summed E-state index contributed by atoms with van der Waals surface area (Å²) in [5, 5.41) is 3.18. The van der Waals surface area contributed by atoms with Crippen LogP contribution in [0.5, 0.6) is 0 Å². The zero-order valence-electron chi connectivity index (χ0n) is 11.7. The third kappa shape index (κ3) is 4.23. The predicted octanol–water partition coefficient (Wildman–Crippen LogP) is -0.556. The second kappa shape index (κ2) is 6.50. The van der Waals surface area contributed by atoms with Crippen molar-refractivity contribution in [2.75, 3.05) is 59.9 Å². The average molecular weight is 254 g/mol. The van der Waals surface area contributed by atoms with Gasteiger partial charge in [0.1, 0.15) is 0 Å². The molecule has 0 aromatic carbocycles. The van der Waals surface area contributed by atoms with E-state index in [0.29, 0.717) is 12.6 Å². The number of rotatable bonds is 3. The van der Waals surface area contributed by atoms with Crippen molar-refractivity contribution in [2.24, 2.45) is 0 Å². The van der Waals surface area contributed by atoms with Crippen molar-refractivity contribution in [3.05, 3.63) is 0 Å². The maximum absolute atomic E-state index is 12.0. The van der Waals surface area contributed by atoms with Gasteiger partial charge in [-0.3, -0.25) is 9.69 Å². The van der Waals surface area contributed by atoms with Gasteiger partial charge in [-0.2, -0.15) is 0 Å². The van der Waals surface area contributed by atoms with Crippen LogP contribution < -0.4 is 5.32 Å². The predicted molar refractivity (Wildman–Crippen MR) is 72.6 cm³/mol. The van der Waals surface area contributed by atoms with Crippen LogP contribution in [0.3, 0.4) is 0 Å². The lowest BCUT2D eigenvalue weighted by atomic mass is 10.1. The molecule has 0 saturated carbocycles. The van der Waals surface area contributed by atoms with Crippen molar-refractivity contribution in [1.29, 1.82) is 0 Å². The first-order valence-corrected chi connectivity index (χ1v) is 7.02. The summed E-state index contributed by atoms with van der Waals surface area (Å²) in [6.45, 7) is 6.93. The van der Waals surface area contributed by atoms with E-state index in [4.69, 9.17) is 0 Å². The fourth-order valence-corrected chi connectivity index (χ4v) is 2.64. The smallest absolute Gasteiger partial charge is 0.234 e. The quantitative estimate of drug-likeness (QED) is 0.733. The molecule has 0 aromatic heterocycles. The van der Waals surface area contributed by atoms with Gasteiger partial charge in [-0.05, 0) is 40.0 Å². The summed E-state index contributed by atoms with van der Waals surface area (Å²) in [5.41, 5.74) is 0. The molecule has 104 valence electrons. The van der Waals surface area contributed by atoms with E-state index >= 15 is 0 Å². The molecule has 0 spiro atoms. The van der Waals surface area contributed by atoms with Gasteiger partial charge in [0.2, 0.25) is 5.91 Å². The highest BCUT2D eigenvalue weighted by Gasteiger charge is 2.21. The Bertz CT molecular complexity index is 242. The lowest BCUT2D eigenvalue weighted by molar-refractivity contribution is -0.123. The highest BCUT2D eigenvalue weighted by Crippen LogP contribution is 2.08. The summed E-state index contributed by atoms with van der Waals surface area (Å²) in [4.78, 5) is 18.9. The van der Waals surface area contributed by atoms with E-state index in [9.17, 15) is 4.79 Å². The maximum atomic E-state index is 12.0. The van der Waals surface area contributed by atoms with Crippen LogP contribution in [0.1, 0.15) is 12.8 Å². The van der Waals surface area contributed by atoms with Gasteiger partial charge in [0, 0.05) is 32.2 Å². The molecule has 2 aliphatic heterocycles. The van der Waals surface area contributed by atoms with Crippen molar-refractivity contribution in [3.63, 3.8) is 0 Å². The van der Waals surface area contributed by atoms with Gasteiger partial charge in [0.15, 0.2) is 0 Å². The summed E-state index contributed by atoms with van der Waals surface area (Å²) in [6.07, 6.45) is 2.18. The van der Waals surface area contributed by atoms with Crippen molar-refractivity contribution < 1.29 is 4.79 Å². The van der Waals surface area contributed by atoms with Crippen molar-refractivity contribution in [1.82, 2.24) is 20.0 Å². The van der Waals surface area contributed by atoms with Crippen LogP contribution in [0.15, 0.2) is 0 Å². The van der Waals surface area contributed by atoms with E-state index in [1.165, 1.54) is 0 Å². The summed E-state index contributed by atoms with van der Waals surface area (Å²) >= 11 is 0. The van der Waals surface area contributed by atoms with Crippen LogP contribution >= 0.6 is 0 Å². The molecule has 2 fully saturated rings. The van der Waals surface area contributed by atoms with Crippen LogP contribution in [-0.4, -0.2) is 86.6 Å². The topological polar surface area (TPSA) is 38.8 Å². The van der Waals surface area contributed by atoms with Gasteiger partial charge in [-0.15, -0.1) is 0 Å². The molecule has 5 nitrogen and oxygen atoms in total. The molecule has 2 heterocycles. The third-order valence-corrected chi connectivity index (χ3v) is 4.05. The van der Waals surface area contributed by atoms with Gasteiger partial charge in [-0.1, -0.05) is 0 Å². The largest absolute Gasteiger partial charge is 0.352 e. The number of hydrogen-bond acceptors (Lipinski definition) is 4. The van der Waals surface area contributed by atoms with Crippen LogP contribution in [0.2, 0.25) is 0 Å². The minimum atomic E-state index is 0.203. The first-order valence-electron chi connectivity index (χ1n) is 7.02. The van der Waals surface area contributed by atoms with E-state index in [2.05, 4.69) is 34.1 Å². The lowest BCUT2D eigenvalue weighted by Crippen LogP contribution is -2.50. The summed E-state index contributed by atoms with van der Waals surface area (Å²) in [6, 6.07) is 0.390. The molecule has 2 saturated heterocycles. The van der Waals surface area contributed by atoms with E-state index in [0.717, 1.165) is 52.1 Å². The number of piperidine rings is 1. The Hall–Kier alpha value is -0.650. The molecule has 5 heteroatoms. The minimum absolute atomic E-state index is 0.203. The van der Waals surface area contributed by atoms with Gasteiger partial charge < -0.3 is 15.1 Å². The third-order valence-electron chi connectivity index (χ3n) is 4.05. The number of likely N-dealkylation sites (N-methyl/N-ethyl adjacent to an activating group) is 1. The Morgan fingerprint density at radius 1 is 1.00 bits per heavy atom. The molecule has 1 amide bonds. The molecule has 0 bridgehead atoms. The molecule has 2 aliphatic rings. The van der Waals surface area contributed by atoms with Crippen LogP contribution in [-0.2, 0) is 4.79 Å². The number of nitrogens with zero attached hydrogens (tertiary/aromatic N) is 3. The summed E-state index contributed by atoms with van der Waals surface area (Å²) in [7, 11) is 4.28. The number of piperazine rings is 1.